The second-order valence-corrected chi connectivity index (χ2v) is 6.52. The quantitative estimate of drug-likeness (QED) is 0.463. The number of rotatable bonds is 3. The van der Waals surface area contributed by atoms with Crippen molar-refractivity contribution in [3.63, 3.8) is 0 Å². The smallest absolute Gasteiger partial charge is 0.423 e. The van der Waals surface area contributed by atoms with E-state index in [0.29, 0.717) is 0 Å². The molecule has 4 N–H and O–H groups in total. The highest BCUT2D eigenvalue weighted by atomic mass is 19.1. The van der Waals surface area contributed by atoms with Crippen LogP contribution in [0.5, 0.6) is 0 Å². The Hall–Kier alpha value is -1.04. The first-order valence-electron chi connectivity index (χ1n) is 7.10. The largest absolute Gasteiger partial charge is 0.500 e. The zero-order valence-corrected chi connectivity index (χ0v) is 13.5. The van der Waals surface area contributed by atoms with E-state index in [2.05, 4.69) is 0 Å². The van der Waals surface area contributed by atoms with Crippen molar-refractivity contribution in [2.75, 3.05) is 0 Å². The first-order chi connectivity index (χ1) is 10.8. The fourth-order valence-corrected chi connectivity index (χ4v) is 2.35. The maximum atomic E-state index is 14.5. The summed E-state index contributed by atoms with van der Waals surface area (Å²) in [6.07, 6.45) is 0. The molecular weight excluding hydrogens is 330 g/mol. The van der Waals surface area contributed by atoms with Gasteiger partial charge in [0.2, 0.25) is 0 Å². The molecule has 0 bridgehead atoms. The molecule has 1 fully saturated rings. The molecule has 0 unspecified atom stereocenters. The zero-order valence-electron chi connectivity index (χ0n) is 13.5. The number of benzene rings is 1. The van der Waals surface area contributed by atoms with Crippen LogP contribution in [0.15, 0.2) is 0 Å². The molecule has 2 rings (SSSR count). The van der Waals surface area contributed by atoms with Gasteiger partial charge < -0.3 is 29.4 Å². The van der Waals surface area contributed by atoms with Crippen molar-refractivity contribution in [2.24, 2.45) is 0 Å². The molecule has 24 heavy (non-hydrogen) atoms. The van der Waals surface area contributed by atoms with Crippen molar-refractivity contribution in [2.45, 2.75) is 38.9 Å². The van der Waals surface area contributed by atoms with Crippen LogP contribution in [0, 0.1) is 17.5 Å². The van der Waals surface area contributed by atoms with Crippen molar-refractivity contribution < 1.29 is 42.6 Å². The van der Waals surface area contributed by atoms with Gasteiger partial charge in [-0.25, -0.2) is 13.2 Å². The molecule has 0 aliphatic carbocycles. The van der Waals surface area contributed by atoms with E-state index in [4.69, 9.17) is 29.4 Å². The molecule has 0 radical (unpaired) electrons. The summed E-state index contributed by atoms with van der Waals surface area (Å²) < 4.78 is 54.0. The highest BCUT2D eigenvalue weighted by Gasteiger charge is 2.54. The Morgan fingerprint density at radius 1 is 0.750 bits per heavy atom. The molecule has 1 aromatic rings. The van der Waals surface area contributed by atoms with E-state index in [1.807, 2.05) is 0 Å². The van der Waals surface area contributed by atoms with Crippen molar-refractivity contribution in [1.82, 2.24) is 0 Å². The number of hydrogen-bond acceptors (Lipinski definition) is 6. The predicted molar refractivity (Wildman–Crippen MR) is 81.7 cm³/mol. The highest BCUT2D eigenvalue weighted by Crippen LogP contribution is 2.36. The average molecular weight is 346 g/mol. The lowest BCUT2D eigenvalue weighted by Gasteiger charge is -2.32. The van der Waals surface area contributed by atoms with Gasteiger partial charge in [-0.1, -0.05) is 0 Å². The number of hydrogen-bond donors (Lipinski definition) is 4. The van der Waals surface area contributed by atoms with Crippen LogP contribution in [-0.2, 0) is 9.31 Å². The van der Waals surface area contributed by atoms with Crippen LogP contribution >= 0.6 is 0 Å². The molecule has 130 valence electrons. The van der Waals surface area contributed by atoms with Crippen molar-refractivity contribution in [1.29, 1.82) is 0 Å². The zero-order chi connectivity index (χ0) is 18.6. The fourth-order valence-electron chi connectivity index (χ4n) is 2.35. The van der Waals surface area contributed by atoms with E-state index in [0.717, 1.165) is 0 Å². The van der Waals surface area contributed by atoms with E-state index in [9.17, 15) is 13.2 Å². The summed E-state index contributed by atoms with van der Waals surface area (Å²) in [4.78, 5) is 0. The van der Waals surface area contributed by atoms with Crippen LogP contribution in [0.2, 0.25) is 0 Å². The Balaban J connectivity index is 2.72. The predicted octanol–water partition coefficient (Wildman–Crippen LogP) is -2.24. The van der Waals surface area contributed by atoms with Gasteiger partial charge in [-0.15, -0.1) is 0 Å². The summed E-state index contributed by atoms with van der Waals surface area (Å²) in [5.74, 6) is -5.08. The Kier molecular flexibility index (Phi) is 4.86. The normalized spacial score (nSPS) is 18.9. The third-order valence-corrected chi connectivity index (χ3v) is 4.42. The van der Waals surface area contributed by atoms with E-state index >= 15 is 0 Å². The van der Waals surface area contributed by atoms with Crippen LogP contribution in [0.3, 0.4) is 0 Å². The Bertz CT molecular complexity index is 617. The molecule has 0 saturated carbocycles. The molecule has 6 nitrogen and oxygen atoms in total. The van der Waals surface area contributed by atoms with Gasteiger partial charge in [-0.2, -0.15) is 0 Å². The maximum Gasteiger partial charge on any atom is 0.500 e. The molecule has 1 aliphatic heterocycles. The first-order valence-corrected chi connectivity index (χ1v) is 7.10. The van der Waals surface area contributed by atoms with Crippen LogP contribution < -0.4 is 16.4 Å². The molecule has 0 atom stereocenters. The minimum absolute atomic E-state index is 0.971. The van der Waals surface area contributed by atoms with Gasteiger partial charge >= 0.3 is 21.4 Å². The monoisotopic (exact) mass is 346 g/mol. The molecule has 0 amide bonds. The minimum Gasteiger partial charge on any atom is -0.423 e. The minimum atomic E-state index is -2.65. The molecular formula is C12H16B3F3O6. The Labute approximate surface area is 137 Å². The van der Waals surface area contributed by atoms with Gasteiger partial charge in [0.05, 0.1) is 27.6 Å². The second kappa shape index (κ2) is 6.04. The maximum absolute atomic E-state index is 14.5. The summed E-state index contributed by atoms with van der Waals surface area (Å²) in [5, 5.41) is 36.7. The lowest BCUT2D eigenvalue weighted by molar-refractivity contribution is 0.00578. The van der Waals surface area contributed by atoms with Gasteiger partial charge in [0.25, 0.3) is 0 Å². The van der Waals surface area contributed by atoms with Crippen LogP contribution in [0.1, 0.15) is 27.7 Å². The molecule has 1 heterocycles. The van der Waals surface area contributed by atoms with Crippen molar-refractivity contribution in [3.05, 3.63) is 17.5 Å². The van der Waals surface area contributed by atoms with Crippen LogP contribution in [-0.4, -0.2) is 52.7 Å². The molecule has 12 heteroatoms. The van der Waals surface area contributed by atoms with Crippen molar-refractivity contribution in [3.8, 4) is 0 Å². The van der Waals surface area contributed by atoms with Gasteiger partial charge in [-0.3, -0.25) is 0 Å². The summed E-state index contributed by atoms with van der Waals surface area (Å²) in [6.45, 7) is 6.43. The van der Waals surface area contributed by atoms with E-state index in [1.165, 1.54) is 0 Å². The molecule has 1 aliphatic rings. The van der Waals surface area contributed by atoms with E-state index in [-0.39, 0.29) is 0 Å². The van der Waals surface area contributed by atoms with Gasteiger partial charge in [-0.05, 0) is 27.7 Å². The summed E-state index contributed by atoms with van der Waals surface area (Å²) in [6, 6.07) is 0. The SMILES string of the molecule is CC1(C)OB(c2c(F)c(B(O)O)c(F)c(B(O)O)c2F)OC1(C)C. The third-order valence-electron chi connectivity index (χ3n) is 4.42. The Morgan fingerprint density at radius 2 is 1.08 bits per heavy atom. The van der Waals surface area contributed by atoms with Gasteiger partial charge in [0.15, 0.2) is 0 Å². The summed E-state index contributed by atoms with van der Waals surface area (Å²) in [7, 11) is -6.95. The van der Waals surface area contributed by atoms with E-state index in [1.54, 1.807) is 27.7 Å². The highest BCUT2D eigenvalue weighted by molar-refractivity contribution is 6.68. The van der Waals surface area contributed by atoms with Gasteiger partial charge in [0.1, 0.15) is 17.5 Å². The molecule has 0 aromatic heterocycles. The van der Waals surface area contributed by atoms with Crippen LogP contribution in [0.4, 0.5) is 13.2 Å². The topological polar surface area (TPSA) is 99.4 Å². The molecule has 1 aromatic carbocycles. The van der Waals surface area contributed by atoms with Crippen LogP contribution in [0.25, 0.3) is 0 Å². The lowest BCUT2D eigenvalue weighted by atomic mass is 9.65. The third kappa shape index (κ3) is 2.87. The number of halogens is 3. The first kappa shape index (κ1) is 19.3. The second-order valence-electron chi connectivity index (χ2n) is 6.52. The molecule has 0 spiro atoms. The lowest BCUT2D eigenvalue weighted by Crippen LogP contribution is -2.55. The summed E-state index contributed by atoms with van der Waals surface area (Å²) >= 11 is 0. The Morgan fingerprint density at radius 3 is 1.38 bits per heavy atom. The van der Waals surface area contributed by atoms with Crippen molar-refractivity contribution >= 4 is 37.7 Å². The van der Waals surface area contributed by atoms with E-state index < -0.39 is 66.4 Å². The molecule has 1 saturated heterocycles. The average Bonchev–Trinajstić information content (AvgIpc) is 2.56. The summed E-state index contributed by atoms with van der Waals surface area (Å²) in [5.41, 5.74) is -5.60. The van der Waals surface area contributed by atoms with Gasteiger partial charge in [0, 0.05) is 0 Å². The fraction of sp³-hybridized carbons (Fsp3) is 0.500. The standard InChI is InChI=1S/C12H16B3F3O6/c1-11(2)12(3,4)24-15(23-11)7-9(17)5(13(19)20)8(16)6(10(7)18)14(21)22/h19-22H,1-4H3.